The van der Waals surface area contributed by atoms with Crippen LogP contribution in [0.25, 0.3) is 0 Å². The van der Waals surface area contributed by atoms with Gasteiger partial charge >= 0.3 is 0 Å². The molecular formula is C18H36O. The molecule has 0 heterocycles. The Bertz CT molecular complexity index is 239. The molecule has 0 aromatic heterocycles. The van der Waals surface area contributed by atoms with Crippen molar-refractivity contribution >= 4 is 0 Å². The first kappa shape index (κ1) is 23.3. The van der Waals surface area contributed by atoms with E-state index >= 15 is 0 Å². The SMILES string of the molecule is CC.CC.CCC(C)(C)Cc1ccccc1.COC. The van der Waals surface area contributed by atoms with Gasteiger partial charge in [0.05, 0.1) is 0 Å². The predicted octanol–water partition coefficient (Wildman–Crippen LogP) is 5.98. The Kier molecular flexibility index (Phi) is 21.1. The minimum Gasteiger partial charge on any atom is -0.388 e. The second-order valence-corrected chi connectivity index (χ2v) is 4.59. The Balaban J connectivity index is -0.000000313. The molecule has 0 aliphatic heterocycles. The van der Waals surface area contributed by atoms with E-state index in [1.807, 2.05) is 27.7 Å². The molecule has 1 aromatic carbocycles. The van der Waals surface area contributed by atoms with Gasteiger partial charge in [0, 0.05) is 14.2 Å². The van der Waals surface area contributed by atoms with Crippen molar-refractivity contribution in [3.8, 4) is 0 Å². The monoisotopic (exact) mass is 268 g/mol. The Morgan fingerprint density at radius 1 is 0.895 bits per heavy atom. The average molecular weight is 268 g/mol. The standard InChI is InChI=1S/C12H18.C2H6O.2C2H6/c1-4-12(2,3)10-11-8-6-5-7-9-11;1-3-2;2*1-2/h5-9H,4,10H2,1-3H3;1-2H3;2*1-2H3. The summed E-state index contributed by atoms with van der Waals surface area (Å²) in [7, 11) is 3.25. The van der Waals surface area contributed by atoms with E-state index in [-0.39, 0.29) is 0 Å². The molecule has 0 amide bonds. The molecule has 0 bridgehead atoms. The second kappa shape index (κ2) is 17.2. The van der Waals surface area contributed by atoms with E-state index in [4.69, 9.17) is 0 Å². The maximum atomic E-state index is 4.25. The minimum atomic E-state index is 0.446. The minimum absolute atomic E-state index is 0.446. The third-order valence-corrected chi connectivity index (χ3v) is 2.48. The summed E-state index contributed by atoms with van der Waals surface area (Å²) in [5.41, 5.74) is 1.89. The molecular weight excluding hydrogens is 232 g/mol. The molecule has 1 aromatic rings. The zero-order chi connectivity index (χ0) is 15.7. The Morgan fingerprint density at radius 3 is 1.58 bits per heavy atom. The smallest absolute Gasteiger partial charge is 0.0351 e. The Hall–Kier alpha value is -0.820. The zero-order valence-corrected chi connectivity index (χ0v) is 14.7. The zero-order valence-electron chi connectivity index (χ0n) is 14.7. The van der Waals surface area contributed by atoms with Crippen LogP contribution in [0.5, 0.6) is 0 Å². The van der Waals surface area contributed by atoms with Crippen molar-refractivity contribution < 1.29 is 4.74 Å². The molecule has 0 saturated heterocycles. The molecule has 1 rings (SSSR count). The molecule has 0 saturated carbocycles. The first-order chi connectivity index (χ1) is 9.05. The summed E-state index contributed by atoms with van der Waals surface area (Å²) in [4.78, 5) is 0. The van der Waals surface area contributed by atoms with Crippen LogP contribution in [-0.4, -0.2) is 14.2 Å². The molecule has 0 aliphatic rings. The predicted molar refractivity (Wildman–Crippen MR) is 89.8 cm³/mol. The highest BCUT2D eigenvalue weighted by Crippen LogP contribution is 2.24. The van der Waals surface area contributed by atoms with Crippen LogP contribution in [0.1, 0.15) is 60.5 Å². The summed E-state index contributed by atoms with van der Waals surface area (Å²) >= 11 is 0. The van der Waals surface area contributed by atoms with E-state index in [0.717, 1.165) is 0 Å². The van der Waals surface area contributed by atoms with Crippen LogP contribution in [0.15, 0.2) is 30.3 Å². The van der Waals surface area contributed by atoms with Gasteiger partial charge in [0.25, 0.3) is 0 Å². The van der Waals surface area contributed by atoms with Gasteiger partial charge in [0.2, 0.25) is 0 Å². The highest BCUT2D eigenvalue weighted by Gasteiger charge is 2.14. The number of methoxy groups -OCH3 is 1. The van der Waals surface area contributed by atoms with E-state index in [0.29, 0.717) is 5.41 Å². The molecule has 0 N–H and O–H groups in total. The molecule has 1 heteroatoms. The maximum Gasteiger partial charge on any atom is 0.0351 e. The first-order valence-corrected chi connectivity index (χ1v) is 7.49. The van der Waals surface area contributed by atoms with Gasteiger partial charge < -0.3 is 4.74 Å². The highest BCUT2D eigenvalue weighted by molar-refractivity contribution is 5.15. The number of hydrogen-bond acceptors (Lipinski definition) is 1. The fourth-order valence-corrected chi connectivity index (χ4v) is 1.27. The van der Waals surface area contributed by atoms with Gasteiger partial charge in [-0.05, 0) is 17.4 Å². The van der Waals surface area contributed by atoms with Gasteiger partial charge in [-0.3, -0.25) is 0 Å². The van der Waals surface area contributed by atoms with Crippen molar-refractivity contribution in [2.45, 2.75) is 61.3 Å². The van der Waals surface area contributed by atoms with Gasteiger partial charge in [-0.15, -0.1) is 0 Å². The van der Waals surface area contributed by atoms with Gasteiger partial charge in [0.1, 0.15) is 0 Å². The lowest BCUT2D eigenvalue weighted by Gasteiger charge is -2.22. The molecule has 1 nitrogen and oxygen atoms in total. The third kappa shape index (κ3) is 17.2. The van der Waals surface area contributed by atoms with Gasteiger partial charge in [-0.2, -0.15) is 0 Å². The highest BCUT2D eigenvalue weighted by atomic mass is 16.4. The Labute approximate surface area is 122 Å². The van der Waals surface area contributed by atoms with Gasteiger partial charge in [-0.1, -0.05) is 85.2 Å². The molecule has 0 spiro atoms. The summed E-state index contributed by atoms with van der Waals surface area (Å²) in [5, 5.41) is 0. The van der Waals surface area contributed by atoms with Crippen molar-refractivity contribution in [3.63, 3.8) is 0 Å². The normalized spacial score (nSPS) is 8.89. The lowest BCUT2D eigenvalue weighted by molar-refractivity contribution is 0.277. The summed E-state index contributed by atoms with van der Waals surface area (Å²) in [6, 6.07) is 10.7. The van der Waals surface area contributed by atoms with Gasteiger partial charge in [0.15, 0.2) is 0 Å². The Morgan fingerprint density at radius 2 is 1.26 bits per heavy atom. The van der Waals surface area contributed by atoms with Crippen LogP contribution >= 0.6 is 0 Å². The van der Waals surface area contributed by atoms with Gasteiger partial charge in [-0.25, -0.2) is 0 Å². The van der Waals surface area contributed by atoms with Crippen molar-refractivity contribution in [2.75, 3.05) is 14.2 Å². The maximum absolute atomic E-state index is 4.25. The number of rotatable bonds is 3. The molecule has 0 fully saturated rings. The fraction of sp³-hybridized carbons (Fsp3) is 0.667. The van der Waals surface area contributed by atoms with E-state index in [1.54, 1.807) is 14.2 Å². The largest absolute Gasteiger partial charge is 0.388 e. The van der Waals surface area contributed by atoms with Crippen molar-refractivity contribution in [1.29, 1.82) is 0 Å². The third-order valence-electron chi connectivity index (χ3n) is 2.48. The van der Waals surface area contributed by atoms with Crippen LogP contribution in [-0.2, 0) is 11.2 Å². The summed E-state index contributed by atoms with van der Waals surface area (Å²) in [5.74, 6) is 0. The molecule has 19 heavy (non-hydrogen) atoms. The lowest BCUT2D eigenvalue weighted by atomic mass is 9.83. The molecule has 114 valence electrons. The number of hydrogen-bond donors (Lipinski definition) is 0. The summed E-state index contributed by atoms with van der Waals surface area (Å²) < 4.78 is 4.25. The molecule has 0 radical (unpaired) electrons. The van der Waals surface area contributed by atoms with Crippen LogP contribution in [0.2, 0.25) is 0 Å². The van der Waals surface area contributed by atoms with Crippen LogP contribution in [0.4, 0.5) is 0 Å². The quantitative estimate of drug-likeness (QED) is 0.655. The summed E-state index contributed by atoms with van der Waals surface area (Å²) in [6.07, 6.45) is 2.42. The molecule has 0 unspecified atom stereocenters. The average Bonchev–Trinajstić information content (AvgIpc) is 2.45. The van der Waals surface area contributed by atoms with Crippen molar-refractivity contribution in [2.24, 2.45) is 5.41 Å². The van der Waals surface area contributed by atoms with Crippen LogP contribution in [0, 0.1) is 5.41 Å². The van der Waals surface area contributed by atoms with Crippen LogP contribution < -0.4 is 0 Å². The first-order valence-electron chi connectivity index (χ1n) is 7.49. The van der Waals surface area contributed by atoms with E-state index in [2.05, 4.69) is 55.8 Å². The van der Waals surface area contributed by atoms with Crippen molar-refractivity contribution in [1.82, 2.24) is 0 Å². The van der Waals surface area contributed by atoms with Crippen LogP contribution in [0.3, 0.4) is 0 Å². The lowest BCUT2D eigenvalue weighted by Crippen LogP contribution is -2.12. The topological polar surface area (TPSA) is 9.23 Å². The fourth-order valence-electron chi connectivity index (χ4n) is 1.27. The van der Waals surface area contributed by atoms with E-state index < -0.39 is 0 Å². The number of benzene rings is 1. The molecule has 0 atom stereocenters. The van der Waals surface area contributed by atoms with E-state index in [1.165, 1.54) is 18.4 Å². The number of ether oxygens (including phenoxy) is 1. The molecule has 0 aliphatic carbocycles. The van der Waals surface area contributed by atoms with Crippen molar-refractivity contribution in [3.05, 3.63) is 35.9 Å². The second-order valence-electron chi connectivity index (χ2n) is 4.59. The summed E-state index contributed by atoms with van der Waals surface area (Å²) in [6.45, 7) is 14.9. The van der Waals surface area contributed by atoms with E-state index in [9.17, 15) is 0 Å².